The first-order chi connectivity index (χ1) is 10.5. The van der Waals surface area contributed by atoms with Crippen LogP contribution in [0.4, 0.5) is 0 Å². The van der Waals surface area contributed by atoms with Crippen LogP contribution in [-0.4, -0.2) is 42.2 Å². The summed E-state index contributed by atoms with van der Waals surface area (Å²) < 4.78 is 6.83. The van der Waals surface area contributed by atoms with Gasteiger partial charge in [-0.15, -0.1) is 0 Å². The molecular formula is C17H20BrNO3. The molecule has 0 spiro atoms. The third kappa shape index (κ3) is 3.52. The van der Waals surface area contributed by atoms with Gasteiger partial charge in [0.05, 0.1) is 5.92 Å². The van der Waals surface area contributed by atoms with Gasteiger partial charge in [-0.25, -0.2) is 0 Å². The predicted octanol–water partition coefficient (Wildman–Crippen LogP) is 3.27. The summed E-state index contributed by atoms with van der Waals surface area (Å²) in [5, 5.41) is 9.27. The van der Waals surface area contributed by atoms with Crippen molar-refractivity contribution in [3.05, 3.63) is 33.8 Å². The van der Waals surface area contributed by atoms with E-state index in [-0.39, 0.29) is 5.92 Å². The van der Waals surface area contributed by atoms with E-state index in [1.165, 1.54) is 5.57 Å². The van der Waals surface area contributed by atoms with Crippen LogP contribution in [0.15, 0.2) is 28.2 Å². The summed E-state index contributed by atoms with van der Waals surface area (Å²) in [6, 6.07) is 5.99. The Labute approximate surface area is 138 Å². The average Bonchev–Trinajstić information content (AvgIpc) is 2.46. The number of benzene rings is 1. The highest BCUT2D eigenvalue weighted by atomic mass is 79.9. The molecule has 1 N–H and O–H groups in total. The van der Waals surface area contributed by atoms with Crippen molar-refractivity contribution < 1.29 is 14.6 Å². The molecule has 3 rings (SSSR count). The van der Waals surface area contributed by atoms with Crippen molar-refractivity contribution in [2.75, 3.05) is 26.2 Å². The van der Waals surface area contributed by atoms with Crippen molar-refractivity contribution in [3.8, 4) is 5.75 Å². The molecule has 0 aliphatic carbocycles. The second kappa shape index (κ2) is 6.42. The van der Waals surface area contributed by atoms with E-state index in [2.05, 4.69) is 33.8 Å². The Kier molecular flexibility index (Phi) is 4.54. The monoisotopic (exact) mass is 365 g/mol. The molecule has 2 atom stereocenters. The van der Waals surface area contributed by atoms with Crippen LogP contribution in [0, 0.1) is 11.8 Å². The van der Waals surface area contributed by atoms with E-state index in [0.29, 0.717) is 19.1 Å². The molecule has 118 valence electrons. The number of hydrogen-bond donors (Lipinski definition) is 1. The Morgan fingerprint density at radius 2 is 2.27 bits per heavy atom. The topological polar surface area (TPSA) is 49.8 Å². The fourth-order valence-corrected chi connectivity index (χ4v) is 3.72. The van der Waals surface area contributed by atoms with Gasteiger partial charge in [0.15, 0.2) is 0 Å². The first kappa shape index (κ1) is 15.6. The molecule has 2 aliphatic heterocycles. The number of halogens is 1. The van der Waals surface area contributed by atoms with Crippen molar-refractivity contribution in [3.63, 3.8) is 0 Å². The van der Waals surface area contributed by atoms with Crippen LogP contribution < -0.4 is 4.74 Å². The van der Waals surface area contributed by atoms with Crippen molar-refractivity contribution in [2.24, 2.45) is 11.8 Å². The van der Waals surface area contributed by atoms with Gasteiger partial charge in [-0.3, -0.25) is 9.69 Å². The van der Waals surface area contributed by atoms with Gasteiger partial charge in [-0.2, -0.15) is 0 Å². The Hall–Kier alpha value is -1.33. The number of aliphatic carboxylic acids is 1. The van der Waals surface area contributed by atoms with Crippen molar-refractivity contribution in [1.29, 1.82) is 0 Å². The van der Waals surface area contributed by atoms with E-state index in [1.807, 2.05) is 18.2 Å². The lowest BCUT2D eigenvalue weighted by Gasteiger charge is -2.35. The number of rotatable bonds is 3. The number of ether oxygens (including phenoxy) is 1. The second-order valence-corrected chi connectivity index (χ2v) is 7.26. The predicted molar refractivity (Wildman–Crippen MR) is 89.0 cm³/mol. The molecule has 1 saturated heterocycles. The summed E-state index contributed by atoms with van der Waals surface area (Å²) in [7, 11) is 0. The van der Waals surface area contributed by atoms with Crippen LogP contribution in [0.25, 0.3) is 6.08 Å². The minimum atomic E-state index is -0.681. The lowest BCUT2D eigenvalue weighted by atomic mass is 9.90. The van der Waals surface area contributed by atoms with Gasteiger partial charge in [-0.1, -0.05) is 22.9 Å². The summed E-state index contributed by atoms with van der Waals surface area (Å²) in [5.74, 6) is 0.388. The van der Waals surface area contributed by atoms with Crippen molar-refractivity contribution >= 4 is 28.0 Å². The number of piperidine rings is 1. The minimum absolute atomic E-state index is 0.254. The first-order valence-electron chi connectivity index (χ1n) is 7.58. The molecule has 2 heterocycles. The van der Waals surface area contributed by atoms with Gasteiger partial charge in [-0.05, 0) is 42.2 Å². The molecule has 1 aromatic rings. The zero-order valence-corrected chi connectivity index (χ0v) is 14.2. The highest BCUT2D eigenvalue weighted by molar-refractivity contribution is 9.10. The number of carboxylic acids is 1. The van der Waals surface area contributed by atoms with Gasteiger partial charge in [0.1, 0.15) is 12.4 Å². The molecule has 1 aromatic carbocycles. The molecular weight excluding hydrogens is 346 g/mol. The maximum Gasteiger partial charge on any atom is 0.307 e. The van der Waals surface area contributed by atoms with E-state index in [1.54, 1.807) is 0 Å². The van der Waals surface area contributed by atoms with Crippen LogP contribution >= 0.6 is 15.9 Å². The molecule has 5 heteroatoms. The van der Waals surface area contributed by atoms with Gasteiger partial charge >= 0.3 is 5.97 Å². The van der Waals surface area contributed by atoms with E-state index in [9.17, 15) is 9.90 Å². The fourth-order valence-electron chi connectivity index (χ4n) is 3.34. The van der Waals surface area contributed by atoms with Crippen LogP contribution in [0.5, 0.6) is 5.75 Å². The molecule has 2 aliphatic rings. The summed E-state index contributed by atoms with van der Waals surface area (Å²) in [6.45, 7) is 5.06. The second-order valence-electron chi connectivity index (χ2n) is 6.34. The minimum Gasteiger partial charge on any atom is -0.489 e. The Morgan fingerprint density at radius 1 is 1.45 bits per heavy atom. The number of carbonyl (C=O) groups is 1. The van der Waals surface area contributed by atoms with E-state index in [4.69, 9.17) is 4.74 Å². The first-order valence-corrected chi connectivity index (χ1v) is 8.37. The highest BCUT2D eigenvalue weighted by Gasteiger charge is 2.30. The molecule has 0 amide bonds. The zero-order chi connectivity index (χ0) is 15.7. The maximum atomic E-state index is 11.3. The molecule has 0 saturated carbocycles. The number of fused-ring (bicyclic) bond motifs is 1. The third-order valence-electron chi connectivity index (χ3n) is 4.26. The van der Waals surface area contributed by atoms with Crippen LogP contribution in [0.2, 0.25) is 0 Å². The fraction of sp³-hybridized carbons (Fsp3) is 0.471. The van der Waals surface area contributed by atoms with E-state index < -0.39 is 5.97 Å². The molecule has 0 bridgehead atoms. The number of nitrogens with zero attached hydrogens (tertiary/aromatic N) is 1. The normalized spacial score (nSPS) is 25.1. The Bertz CT molecular complexity index is 614. The summed E-state index contributed by atoms with van der Waals surface area (Å²) in [5.41, 5.74) is 2.28. The van der Waals surface area contributed by atoms with Crippen molar-refractivity contribution in [2.45, 2.75) is 13.3 Å². The Morgan fingerprint density at radius 3 is 3.05 bits per heavy atom. The summed E-state index contributed by atoms with van der Waals surface area (Å²) >= 11 is 3.48. The van der Waals surface area contributed by atoms with Crippen LogP contribution in [-0.2, 0) is 4.79 Å². The van der Waals surface area contributed by atoms with Gasteiger partial charge in [0, 0.05) is 29.7 Å². The number of carboxylic acid groups (broad SMARTS) is 1. The third-order valence-corrected chi connectivity index (χ3v) is 4.75. The maximum absolute atomic E-state index is 11.3. The van der Waals surface area contributed by atoms with Crippen molar-refractivity contribution in [1.82, 2.24) is 4.90 Å². The lowest BCUT2D eigenvalue weighted by Crippen LogP contribution is -2.43. The standard InChI is InChI=1S/C17H20BrNO3/c1-11-4-14(17(20)21)9-19(7-11)8-12-5-13-6-15(18)2-3-16(13)22-10-12/h2-3,5-6,11,14H,4,7-10H2,1H3,(H,20,21). The van der Waals surface area contributed by atoms with Gasteiger partial charge in [0.2, 0.25) is 0 Å². The molecule has 2 unspecified atom stereocenters. The Balaban J connectivity index is 1.72. The molecule has 4 nitrogen and oxygen atoms in total. The smallest absolute Gasteiger partial charge is 0.307 e. The largest absolute Gasteiger partial charge is 0.489 e. The molecule has 1 fully saturated rings. The molecule has 0 radical (unpaired) electrons. The number of hydrogen-bond acceptors (Lipinski definition) is 3. The van der Waals surface area contributed by atoms with Crippen LogP contribution in [0.3, 0.4) is 0 Å². The quantitative estimate of drug-likeness (QED) is 0.892. The zero-order valence-electron chi connectivity index (χ0n) is 12.6. The SMILES string of the molecule is CC1CC(C(=O)O)CN(CC2=Cc3cc(Br)ccc3OC2)C1. The number of likely N-dealkylation sites (tertiary alicyclic amines) is 1. The van der Waals surface area contributed by atoms with Gasteiger partial charge in [0.25, 0.3) is 0 Å². The van der Waals surface area contributed by atoms with Crippen LogP contribution in [0.1, 0.15) is 18.9 Å². The molecule has 22 heavy (non-hydrogen) atoms. The average molecular weight is 366 g/mol. The summed E-state index contributed by atoms with van der Waals surface area (Å²) in [6.07, 6.45) is 2.94. The summed E-state index contributed by atoms with van der Waals surface area (Å²) in [4.78, 5) is 13.5. The molecule has 0 aromatic heterocycles. The van der Waals surface area contributed by atoms with E-state index >= 15 is 0 Å². The van der Waals surface area contributed by atoms with E-state index in [0.717, 1.165) is 35.3 Å². The van der Waals surface area contributed by atoms with Gasteiger partial charge < -0.3 is 9.84 Å². The highest BCUT2D eigenvalue weighted by Crippen LogP contribution is 2.30. The lowest BCUT2D eigenvalue weighted by molar-refractivity contribution is -0.144.